The minimum atomic E-state index is -0.695. The number of fused-ring (bicyclic) bond motifs is 2. The topological polar surface area (TPSA) is 82.5 Å². The van der Waals surface area contributed by atoms with Crippen LogP contribution in [-0.2, 0) is 19.1 Å². The van der Waals surface area contributed by atoms with Gasteiger partial charge in [-0.05, 0) is 49.2 Å². The van der Waals surface area contributed by atoms with Crippen molar-refractivity contribution < 1.29 is 19.1 Å². The van der Waals surface area contributed by atoms with Gasteiger partial charge in [-0.3, -0.25) is 4.98 Å². The molecule has 3 heterocycles. The van der Waals surface area contributed by atoms with Gasteiger partial charge in [0.15, 0.2) is 6.23 Å². The summed E-state index contributed by atoms with van der Waals surface area (Å²) in [5.41, 5.74) is 3.48. The Morgan fingerprint density at radius 3 is 2.14 bits per heavy atom. The van der Waals surface area contributed by atoms with Crippen LogP contribution in [0.1, 0.15) is 38.5 Å². The summed E-state index contributed by atoms with van der Waals surface area (Å²) in [5, 5.41) is 6.20. The van der Waals surface area contributed by atoms with Gasteiger partial charge in [0, 0.05) is 35.4 Å². The molecule has 0 radical (unpaired) electrons. The lowest BCUT2D eigenvalue weighted by Crippen LogP contribution is -2.33. The maximum absolute atomic E-state index is 13.7. The third-order valence-electron chi connectivity index (χ3n) is 6.60. The van der Waals surface area contributed by atoms with E-state index in [0.717, 1.165) is 21.7 Å². The molecule has 1 N–H and O–H groups in total. The average Bonchev–Trinajstić information content (AvgIpc) is 3.32. The second-order valence-corrected chi connectivity index (χ2v) is 8.93. The number of rotatable bonds is 5. The number of ether oxygens (including phenoxy) is 2. The summed E-state index contributed by atoms with van der Waals surface area (Å²) >= 11 is 0. The Kier molecular flexibility index (Phi) is 6.06. The number of methoxy groups -OCH3 is 1. The minimum absolute atomic E-state index is 0.349. The highest BCUT2D eigenvalue weighted by Crippen LogP contribution is 2.40. The van der Waals surface area contributed by atoms with Crippen molar-refractivity contribution in [2.24, 2.45) is 0 Å². The standard InChI is InChI=1S/C29H27N3O4/c1-17-25(28(33)35-4)27(23-13-20-9-7-8-12-24(20)30-14-23)26(18(2)31-17)29(34)36-19(3)32-15-21-10-5-6-11-22(21)16-32/h5-16,19,27,31H,1-4H3. The average molecular weight is 482 g/mol. The Hall–Kier alpha value is -4.39. The SMILES string of the molecule is COC(=O)C1=C(C)NC(C)=C(C(=O)OC(C)n2cc3ccccc3c2)C1c1cnc2ccccc2c1. The zero-order valence-corrected chi connectivity index (χ0v) is 20.6. The van der Waals surface area contributed by atoms with Crippen LogP contribution in [0.4, 0.5) is 0 Å². The second kappa shape index (κ2) is 9.34. The normalized spacial score (nSPS) is 16.7. The number of allylic oxidation sites excluding steroid dienone is 2. The fraction of sp³-hybridized carbons (Fsp3) is 0.207. The Balaban J connectivity index is 1.55. The Bertz CT molecular complexity index is 1530. The van der Waals surface area contributed by atoms with E-state index in [-0.39, 0.29) is 0 Å². The zero-order valence-electron chi connectivity index (χ0n) is 20.6. The molecule has 0 saturated heterocycles. The number of nitrogens with one attached hydrogen (secondary N) is 1. The summed E-state index contributed by atoms with van der Waals surface area (Å²) in [6, 6.07) is 17.6. The third-order valence-corrected chi connectivity index (χ3v) is 6.60. The molecule has 2 atom stereocenters. The van der Waals surface area contributed by atoms with Crippen molar-refractivity contribution in [1.82, 2.24) is 14.9 Å². The molecule has 0 bridgehead atoms. The quantitative estimate of drug-likeness (QED) is 0.387. The molecule has 2 aromatic heterocycles. The summed E-state index contributed by atoms with van der Waals surface area (Å²) in [6.45, 7) is 5.43. The first-order valence-corrected chi connectivity index (χ1v) is 11.8. The number of para-hydroxylation sites is 1. The van der Waals surface area contributed by atoms with Crippen LogP contribution in [0.2, 0.25) is 0 Å². The molecule has 0 saturated carbocycles. The first kappa shape index (κ1) is 23.4. The Morgan fingerprint density at radius 1 is 0.917 bits per heavy atom. The van der Waals surface area contributed by atoms with E-state index in [1.54, 1.807) is 13.1 Å². The van der Waals surface area contributed by atoms with Crippen molar-refractivity contribution in [2.45, 2.75) is 32.9 Å². The van der Waals surface area contributed by atoms with Crippen molar-refractivity contribution in [3.05, 3.63) is 101 Å². The van der Waals surface area contributed by atoms with Gasteiger partial charge in [0.2, 0.25) is 0 Å². The van der Waals surface area contributed by atoms with Gasteiger partial charge in [-0.1, -0.05) is 42.5 Å². The number of aromatic nitrogens is 2. The highest BCUT2D eigenvalue weighted by Gasteiger charge is 2.38. The molecule has 0 amide bonds. The molecule has 7 heteroatoms. The molecule has 0 spiro atoms. The van der Waals surface area contributed by atoms with E-state index >= 15 is 0 Å². The predicted octanol–water partition coefficient (Wildman–Crippen LogP) is 5.36. The highest BCUT2D eigenvalue weighted by atomic mass is 16.6. The van der Waals surface area contributed by atoms with E-state index in [0.29, 0.717) is 28.1 Å². The van der Waals surface area contributed by atoms with Crippen LogP contribution in [0, 0.1) is 0 Å². The molecular weight excluding hydrogens is 454 g/mol. The molecule has 2 aromatic carbocycles. The molecule has 4 aromatic rings. The molecule has 182 valence electrons. The number of carbonyl (C=O) groups excluding carboxylic acids is 2. The van der Waals surface area contributed by atoms with E-state index in [1.165, 1.54) is 7.11 Å². The number of dihydropyridines is 1. The van der Waals surface area contributed by atoms with Gasteiger partial charge in [0.05, 0.1) is 29.7 Å². The largest absolute Gasteiger partial charge is 0.466 e. The Labute approximate surface area is 209 Å². The fourth-order valence-corrected chi connectivity index (χ4v) is 4.82. The van der Waals surface area contributed by atoms with E-state index in [2.05, 4.69) is 10.3 Å². The molecule has 0 aliphatic carbocycles. The van der Waals surface area contributed by atoms with Crippen LogP contribution in [0.25, 0.3) is 21.7 Å². The second-order valence-electron chi connectivity index (χ2n) is 8.93. The minimum Gasteiger partial charge on any atom is -0.466 e. The lowest BCUT2D eigenvalue weighted by atomic mass is 9.80. The molecule has 2 unspecified atom stereocenters. The van der Waals surface area contributed by atoms with Gasteiger partial charge in [0.1, 0.15) is 0 Å². The van der Waals surface area contributed by atoms with Crippen molar-refractivity contribution in [2.75, 3.05) is 7.11 Å². The molecule has 0 fully saturated rings. The van der Waals surface area contributed by atoms with Crippen molar-refractivity contribution in [1.29, 1.82) is 0 Å². The van der Waals surface area contributed by atoms with E-state index in [1.807, 2.05) is 85.4 Å². The van der Waals surface area contributed by atoms with Crippen LogP contribution >= 0.6 is 0 Å². The fourth-order valence-electron chi connectivity index (χ4n) is 4.82. The van der Waals surface area contributed by atoms with E-state index < -0.39 is 24.1 Å². The summed E-state index contributed by atoms with van der Waals surface area (Å²) in [5.74, 6) is -1.72. The van der Waals surface area contributed by atoms with Crippen LogP contribution < -0.4 is 5.32 Å². The van der Waals surface area contributed by atoms with Gasteiger partial charge in [-0.2, -0.15) is 0 Å². The number of benzene rings is 2. The van der Waals surface area contributed by atoms with Crippen LogP contribution in [0.15, 0.2) is 95.7 Å². The summed E-state index contributed by atoms with van der Waals surface area (Å²) in [4.78, 5) is 31.2. The number of hydrogen-bond donors (Lipinski definition) is 1. The van der Waals surface area contributed by atoms with Crippen molar-refractivity contribution in [3.63, 3.8) is 0 Å². The zero-order chi connectivity index (χ0) is 25.4. The molecule has 1 aliphatic heterocycles. The van der Waals surface area contributed by atoms with Crippen molar-refractivity contribution >= 4 is 33.6 Å². The number of carbonyl (C=O) groups is 2. The van der Waals surface area contributed by atoms with Gasteiger partial charge in [-0.15, -0.1) is 0 Å². The van der Waals surface area contributed by atoms with Crippen LogP contribution in [0.5, 0.6) is 0 Å². The van der Waals surface area contributed by atoms with Crippen LogP contribution in [-0.4, -0.2) is 28.6 Å². The first-order valence-electron chi connectivity index (χ1n) is 11.8. The van der Waals surface area contributed by atoms with E-state index in [9.17, 15) is 9.59 Å². The maximum atomic E-state index is 13.7. The molecular formula is C29H27N3O4. The molecule has 7 nitrogen and oxygen atoms in total. The van der Waals surface area contributed by atoms with Gasteiger partial charge < -0.3 is 19.4 Å². The summed E-state index contributed by atoms with van der Waals surface area (Å²) in [6.07, 6.45) is 5.04. The lowest BCUT2D eigenvalue weighted by molar-refractivity contribution is -0.148. The van der Waals surface area contributed by atoms with Crippen molar-refractivity contribution in [3.8, 4) is 0 Å². The lowest BCUT2D eigenvalue weighted by Gasteiger charge is -2.31. The third kappa shape index (κ3) is 4.13. The number of pyridine rings is 1. The Morgan fingerprint density at radius 2 is 1.50 bits per heavy atom. The monoisotopic (exact) mass is 481 g/mol. The molecule has 1 aliphatic rings. The predicted molar refractivity (Wildman–Crippen MR) is 138 cm³/mol. The van der Waals surface area contributed by atoms with Gasteiger partial charge >= 0.3 is 11.9 Å². The maximum Gasteiger partial charge on any atom is 0.338 e. The number of nitrogens with zero attached hydrogens (tertiary/aromatic N) is 2. The smallest absolute Gasteiger partial charge is 0.338 e. The summed E-state index contributed by atoms with van der Waals surface area (Å²) in [7, 11) is 1.33. The first-order chi connectivity index (χ1) is 17.4. The summed E-state index contributed by atoms with van der Waals surface area (Å²) < 4.78 is 12.9. The highest BCUT2D eigenvalue weighted by molar-refractivity contribution is 6.00. The van der Waals surface area contributed by atoms with Gasteiger partial charge in [-0.25, -0.2) is 9.59 Å². The van der Waals surface area contributed by atoms with Crippen LogP contribution in [0.3, 0.4) is 0 Å². The number of esters is 2. The van der Waals surface area contributed by atoms with E-state index in [4.69, 9.17) is 9.47 Å². The number of hydrogen-bond acceptors (Lipinski definition) is 6. The molecule has 5 rings (SSSR count). The van der Waals surface area contributed by atoms with Gasteiger partial charge in [0.25, 0.3) is 0 Å². The molecule has 36 heavy (non-hydrogen) atoms.